The molecule has 1 aromatic heterocycles. The first-order valence-corrected chi connectivity index (χ1v) is 8.25. The van der Waals surface area contributed by atoms with Crippen LogP contribution in [0.1, 0.15) is 59.6 Å². The number of carbonyl (C=O) groups excluding carboxylic acids is 1. The van der Waals surface area contributed by atoms with Crippen LogP contribution in [-0.4, -0.2) is 24.2 Å². The molecule has 0 fully saturated rings. The third-order valence-corrected chi connectivity index (χ3v) is 4.55. The maximum atomic E-state index is 12.3. The summed E-state index contributed by atoms with van der Waals surface area (Å²) in [5.41, 5.74) is 3.44. The highest BCUT2D eigenvalue weighted by atomic mass is 35.5. The van der Waals surface area contributed by atoms with E-state index in [0.717, 1.165) is 25.1 Å². The number of carbonyl (C=O) groups is 1. The Hall–Kier alpha value is -1.85. The first kappa shape index (κ1) is 18.5. The minimum absolute atomic E-state index is 0. The van der Waals surface area contributed by atoms with Gasteiger partial charge in [-0.15, -0.1) is 12.4 Å². The van der Waals surface area contributed by atoms with Gasteiger partial charge in [0.05, 0.1) is 5.69 Å². The summed E-state index contributed by atoms with van der Waals surface area (Å²) < 4.78 is 5.18. The number of rotatable bonds is 5. The molecule has 2 aromatic rings. The average Bonchev–Trinajstić information content (AvgIpc) is 3.09. The fraction of sp³-hybridized carbons (Fsp3) is 0.444. The Morgan fingerprint density at radius 2 is 2.25 bits per heavy atom. The van der Waals surface area contributed by atoms with E-state index in [2.05, 4.69) is 47.8 Å². The molecule has 2 N–H and O–H groups in total. The molecule has 1 amide bonds. The molecule has 3 rings (SSSR count). The molecule has 6 heteroatoms. The lowest BCUT2D eigenvalue weighted by molar-refractivity contribution is 0.0912. The second-order valence-corrected chi connectivity index (χ2v) is 6.09. The van der Waals surface area contributed by atoms with Crippen LogP contribution in [0, 0.1) is 0 Å². The first-order valence-electron chi connectivity index (χ1n) is 8.25. The topological polar surface area (TPSA) is 67.2 Å². The van der Waals surface area contributed by atoms with Crippen LogP contribution >= 0.6 is 12.4 Å². The zero-order chi connectivity index (χ0) is 16.2. The summed E-state index contributed by atoms with van der Waals surface area (Å²) in [7, 11) is 0. The van der Waals surface area contributed by atoms with E-state index in [1.165, 1.54) is 11.1 Å². The maximum Gasteiger partial charge on any atom is 0.289 e. The summed E-state index contributed by atoms with van der Waals surface area (Å²) in [4.78, 5) is 12.3. The summed E-state index contributed by atoms with van der Waals surface area (Å²) in [6.07, 6.45) is 2.00. The number of hydrogen-bond donors (Lipinski definition) is 2. The molecular weight excluding hydrogens is 326 g/mol. The van der Waals surface area contributed by atoms with Crippen LogP contribution in [0.25, 0.3) is 0 Å². The molecule has 2 heterocycles. The Labute approximate surface area is 148 Å². The Balaban J connectivity index is 0.00000208. The molecule has 5 nitrogen and oxygen atoms in total. The number of halogens is 1. The summed E-state index contributed by atoms with van der Waals surface area (Å²) in [5.74, 6) is 0.369. The molecule has 1 aromatic carbocycles. The van der Waals surface area contributed by atoms with Crippen LogP contribution in [0.3, 0.4) is 0 Å². The van der Waals surface area contributed by atoms with Gasteiger partial charge < -0.3 is 15.2 Å². The van der Waals surface area contributed by atoms with E-state index >= 15 is 0 Å². The third kappa shape index (κ3) is 3.97. The maximum absolute atomic E-state index is 12.3. The van der Waals surface area contributed by atoms with Crippen LogP contribution in [0.2, 0.25) is 0 Å². The Morgan fingerprint density at radius 3 is 3.04 bits per heavy atom. The van der Waals surface area contributed by atoms with Crippen molar-refractivity contribution in [1.29, 1.82) is 0 Å². The summed E-state index contributed by atoms with van der Waals surface area (Å²) in [6, 6.07) is 10.3. The predicted octanol–water partition coefficient (Wildman–Crippen LogP) is 3.23. The van der Waals surface area contributed by atoms with Gasteiger partial charge in [0.15, 0.2) is 0 Å². The second kappa shape index (κ2) is 8.31. The van der Waals surface area contributed by atoms with E-state index in [-0.39, 0.29) is 30.1 Å². The fourth-order valence-corrected chi connectivity index (χ4v) is 2.89. The van der Waals surface area contributed by atoms with Crippen LogP contribution in [0.15, 0.2) is 34.9 Å². The zero-order valence-corrected chi connectivity index (χ0v) is 14.9. The van der Waals surface area contributed by atoms with E-state index in [4.69, 9.17) is 4.52 Å². The SMILES string of the molecule is CCC(C)c1cc(C(=O)NCC2NCCc3ccccc32)on1.Cl. The number of hydrogen-bond acceptors (Lipinski definition) is 4. The van der Waals surface area contributed by atoms with Crippen LogP contribution in [0.4, 0.5) is 0 Å². The highest BCUT2D eigenvalue weighted by molar-refractivity contribution is 5.91. The third-order valence-electron chi connectivity index (χ3n) is 4.55. The normalized spacial score (nSPS) is 17.5. The van der Waals surface area contributed by atoms with Crippen molar-refractivity contribution >= 4 is 18.3 Å². The molecule has 2 unspecified atom stereocenters. The highest BCUT2D eigenvalue weighted by Gasteiger charge is 2.21. The molecule has 0 aliphatic carbocycles. The smallest absolute Gasteiger partial charge is 0.289 e. The van der Waals surface area contributed by atoms with Gasteiger partial charge in [0.2, 0.25) is 5.76 Å². The van der Waals surface area contributed by atoms with Crippen molar-refractivity contribution in [2.24, 2.45) is 0 Å². The quantitative estimate of drug-likeness (QED) is 0.869. The van der Waals surface area contributed by atoms with E-state index in [1.807, 2.05) is 6.07 Å². The van der Waals surface area contributed by atoms with Crippen molar-refractivity contribution in [3.63, 3.8) is 0 Å². The molecule has 0 saturated heterocycles. The lowest BCUT2D eigenvalue weighted by atomic mass is 9.94. The van der Waals surface area contributed by atoms with Gasteiger partial charge in [-0.3, -0.25) is 4.79 Å². The van der Waals surface area contributed by atoms with Crippen molar-refractivity contribution in [3.05, 3.63) is 52.9 Å². The molecule has 0 saturated carbocycles. The average molecular weight is 350 g/mol. The van der Waals surface area contributed by atoms with E-state index in [1.54, 1.807) is 6.07 Å². The van der Waals surface area contributed by atoms with Gasteiger partial charge in [-0.2, -0.15) is 0 Å². The molecule has 0 radical (unpaired) electrons. The van der Waals surface area contributed by atoms with E-state index < -0.39 is 0 Å². The zero-order valence-electron chi connectivity index (χ0n) is 14.0. The lowest BCUT2D eigenvalue weighted by Crippen LogP contribution is -2.38. The van der Waals surface area contributed by atoms with Crippen LogP contribution in [0.5, 0.6) is 0 Å². The standard InChI is InChI=1S/C18H23N3O2.ClH/c1-3-12(2)15-10-17(23-21-15)18(22)20-11-16-14-7-5-4-6-13(14)8-9-19-16;/h4-7,10,12,16,19H,3,8-9,11H2,1-2H3,(H,20,22);1H. The second-order valence-electron chi connectivity index (χ2n) is 6.09. The molecule has 24 heavy (non-hydrogen) atoms. The van der Waals surface area contributed by atoms with Crippen LogP contribution in [-0.2, 0) is 6.42 Å². The number of aromatic nitrogens is 1. The van der Waals surface area contributed by atoms with Crippen molar-refractivity contribution in [2.75, 3.05) is 13.1 Å². The van der Waals surface area contributed by atoms with Gasteiger partial charge in [0.25, 0.3) is 5.91 Å². The number of nitrogens with zero attached hydrogens (tertiary/aromatic N) is 1. The Bertz CT molecular complexity index is 686. The molecule has 0 spiro atoms. The minimum atomic E-state index is -0.211. The fourth-order valence-electron chi connectivity index (χ4n) is 2.89. The van der Waals surface area contributed by atoms with Crippen molar-refractivity contribution in [3.8, 4) is 0 Å². The number of fused-ring (bicyclic) bond motifs is 1. The van der Waals surface area contributed by atoms with E-state index in [0.29, 0.717) is 12.5 Å². The summed E-state index contributed by atoms with van der Waals surface area (Å²) in [6.45, 7) is 5.63. The predicted molar refractivity (Wildman–Crippen MR) is 95.7 cm³/mol. The van der Waals surface area contributed by atoms with Gasteiger partial charge in [0.1, 0.15) is 0 Å². The minimum Gasteiger partial charge on any atom is -0.351 e. The molecule has 130 valence electrons. The summed E-state index contributed by atoms with van der Waals surface area (Å²) >= 11 is 0. The van der Waals surface area contributed by atoms with Gasteiger partial charge in [-0.25, -0.2) is 0 Å². The number of nitrogens with one attached hydrogen (secondary N) is 2. The first-order chi connectivity index (χ1) is 11.2. The highest BCUT2D eigenvalue weighted by Crippen LogP contribution is 2.22. The molecular formula is C18H24ClN3O2. The number of amides is 1. The molecule has 2 atom stereocenters. The molecule has 1 aliphatic heterocycles. The number of benzene rings is 1. The monoisotopic (exact) mass is 349 g/mol. The Kier molecular flexibility index (Phi) is 6.40. The molecule has 1 aliphatic rings. The lowest BCUT2D eigenvalue weighted by Gasteiger charge is -2.26. The molecule has 0 bridgehead atoms. The van der Waals surface area contributed by atoms with E-state index in [9.17, 15) is 4.79 Å². The largest absolute Gasteiger partial charge is 0.351 e. The van der Waals surface area contributed by atoms with Gasteiger partial charge >= 0.3 is 0 Å². The van der Waals surface area contributed by atoms with Gasteiger partial charge in [-0.1, -0.05) is 43.3 Å². The van der Waals surface area contributed by atoms with Gasteiger partial charge in [-0.05, 0) is 30.5 Å². The van der Waals surface area contributed by atoms with Crippen molar-refractivity contribution in [2.45, 2.75) is 38.6 Å². The Morgan fingerprint density at radius 1 is 1.46 bits per heavy atom. The van der Waals surface area contributed by atoms with Crippen LogP contribution < -0.4 is 10.6 Å². The van der Waals surface area contributed by atoms with Gasteiger partial charge in [0, 0.05) is 24.6 Å². The van der Waals surface area contributed by atoms with Crippen molar-refractivity contribution < 1.29 is 9.32 Å². The van der Waals surface area contributed by atoms with Crippen molar-refractivity contribution in [1.82, 2.24) is 15.8 Å². The summed E-state index contributed by atoms with van der Waals surface area (Å²) in [5, 5.41) is 10.4.